The number of likely N-dealkylation sites (tertiary alicyclic amines) is 1. The van der Waals surface area contributed by atoms with Crippen molar-refractivity contribution in [3.8, 4) is 0 Å². The second-order valence-corrected chi connectivity index (χ2v) is 6.97. The third-order valence-corrected chi connectivity index (χ3v) is 3.84. The van der Waals surface area contributed by atoms with Gasteiger partial charge in [-0.15, -0.1) is 0 Å². The standard InChI is InChI=1S/C18H26N2O3/c1-13(14-9-6-5-7-10-14)19-16(21)15-11-8-12-20(15)17(22)23-18(2,3)4/h5-7,9-10,13,15H,8,11-12H2,1-4H3,(H,19,21)/t13-,15-/m1/s1. The van der Waals surface area contributed by atoms with Gasteiger partial charge in [-0.1, -0.05) is 30.3 Å². The lowest BCUT2D eigenvalue weighted by Gasteiger charge is -2.28. The molecule has 1 fully saturated rings. The van der Waals surface area contributed by atoms with Crippen LogP contribution in [0.1, 0.15) is 52.1 Å². The van der Waals surface area contributed by atoms with E-state index in [0.29, 0.717) is 13.0 Å². The average Bonchev–Trinajstić information content (AvgIpc) is 2.96. The predicted molar refractivity (Wildman–Crippen MR) is 89.0 cm³/mol. The number of nitrogens with zero attached hydrogens (tertiary/aromatic N) is 1. The maximum absolute atomic E-state index is 12.5. The Morgan fingerprint density at radius 2 is 1.91 bits per heavy atom. The van der Waals surface area contributed by atoms with Gasteiger partial charge in [-0.05, 0) is 46.1 Å². The fourth-order valence-electron chi connectivity index (χ4n) is 2.71. The second kappa shape index (κ2) is 7.02. The van der Waals surface area contributed by atoms with Gasteiger partial charge in [-0.3, -0.25) is 9.69 Å². The Hall–Kier alpha value is -2.04. The summed E-state index contributed by atoms with van der Waals surface area (Å²) in [6, 6.07) is 9.25. The van der Waals surface area contributed by atoms with Crippen molar-refractivity contribution in [2.24, 2.45) is 0 Å². The molecule has 5 nitrogen and oxygen atoms in total. The number of nitrogens with one attached hydrogen (secondary N) is 1. The van der Waals surface area contributed by atoms with Crippen LogP contribution >= 0.6 is 0 Å². The van der Waals surface area contributed by atoms with Gasteiger partial charge in [0.05, 0.1) is 6.04 Å². The van der Waals surface area contributed by atoms with Crippen molar-refractivity contribution in [3.05, 3.63) is 35.9 Å². The fourth-order valence-corrected chi connectivity index (χ4v) is 2.71. The minimum absolute atomic E-state index is 0.0928. The summed E-state index contributed by atoms with van der Waals surface area (Å²) in [7, 11) is 0. The van der Waals surface area contributed by atoms with Crippen molar-refractivity contribution < 1.29 is 14.3 Å². The monoisotopic (exact) mass is 318 g/mol. The van der Waals surface area contributed by atoms with Gasteiger partial charge < -0.3 is 10.1 Å². The van der Waals surface area contributed by atoms with Crippen LogP contribution < -0.4 is 5.32 Å². The zero-order valence-electron chi connectivity index (χ0n) is 14.3. The molecule has 23 heavy (non-hydrogen) atoms. The van der Waals surface area contributed by atoms with Gasteiger partial charge in [0.1, 0.15) is 11.6 Å². The molecule has 0 bridgehead atoms. The molecule has 1 aromatic carbocycles. The Morgan fingerprint density at radius 3 is 2.52 bits per heavy atom. The van der Waals surface area contributed by atoms with Crippen LogP contribution in [0.25, 0.3) is 0 Å². The Labute approximate surface area is 138 Å². The van der Waals surface area contributed by atoms with E-state index in [-0.39, 0.29) is 11.9 Å². The van der Waals surface area contributed by atoms with Crippen LogP contribution in [0.4, 0.5) is 4.79 Å². The number of carbonyl (C=O) groups is 2. The maximum Gasteiger partial charge on any atom is 0.410 e. The molecule has 0 aliphatic carbocycles. The molecule has 0 aromatic heterocycles. The van der Waals surface area contributed by atoms with Gasteiger partial charge in [0.25, 0.3) is 0 Å². The number of benzene rings is 1. The van der Waals surface area contributed by atoms with Crippen molar-refractivity contribution in [1.29, 1.82) is 0 Å². The summed E-state index contributed by atoms with van der Waals surface area (Å²) in [4.78, 5) is 26.3. The highest BCUT2D eigenvalue weighted by atomic mass is 16.6. The number of rotatable bonds is 3. The minimum Gasteiger partial charge on any atom is -0.444 e. The Bertz CT molecular complexity index is 551. The van der Waals surface area contributed by atoms with Crippen LogP contribution in [0.2, 0.25) is 0 Å². The van der Waals surface area contributed by atoms with Gasteiger partial charge in [0, 0.05) is 6.54 Å². The van der Waals surface area contributed by atoms with Crippen molar-refractivity contribution in [2.45, 2.75) is 58.2 Å². The zero-order chi connectivity index (χ0) is 17.0. The Kier molecular flexibility index (Phi) is 5.29. The Morgan fingerprint density at radius 1 is 1.26 bits per heavy atom. The third-order valence-electron chi connectivity index (χ3n) is 3.84. The molecule has 126 valence electrons. The topological polar surface area (TPSA) is 58.6 Å². The zero-order valence-corrected chi connectivity index (χ0v) is 14.3. The third kappa shape index (κ3) is 4.71. The number of carbonyl (C=O) groups excluding carboxylic acids is 2. The predicted octanol–water partition coefficient (Wildman–Crippen LogP) is 3.26. The lowest BCUT2D eigenvalue weighted by molar-refractivity contribution is -0.126. The highest BCUT2D eigenvalue weighted by molar-refractivity contribution is 5.86. The number of hydrogen-bond acceptors (Lipinski definition) is 3. The molecular formula is C18H26N2O3. The van der Waals surface area contributed by atoms with Crippen molar-refractivity contribution in [1.82, 2.24) is 10.2 Å². The largest absolute Gasteiger partial charge is 0.444 e. The van der Waals surface area contributed by atoms with E-state index in [1.165, 1.54) is 4.90 Å². The van der Waals surface area contributed by atoms with E-state index in [4.69, 9.17) is 4.74 Å². The van der Waals surface area contributed by atoms with Crippen LogP contribution in [0.5, 0.6) is 0 Å². The van der Waals surface area contributed by atoms with Crippen molar-refractivity contribution in [3.63, 3.8) is 0 Å². The highest BCUT2D eigenvalue weighted by Crippen LogP contribution is 2.22. The first-order valence-corrected chi connectivity index (χ1v) is 8.13. The molecule has 0 unspecified atom stereocenters. The molecule has 0 spiro atoms. The summed E-state index contributed by atoms with van der Waals surface area (Å²) < 4.78 is 5.40. The molecule has 1 aromatic rings. The molecule has 1 aliphatic heterocycles. The normalized spacial score (nSPS) is 19.3. The summed E-state index contributed by atoms with van der Waals surface area (Å²) >= 11 is 0. The summed E-state index contributed by atoms with van der Waals surface area (Å²) in [6.45, 7) is 7.99. The first-order valence-electron chi connectivity index (χ1n) is 8.13. The average molecular weight is 318 g/mol. The molecule has 2 amide bonds. The number of ether oxygens (including phenoxy) is 1. The van der Waals surface area contributed by atoms with Gasteiger partial charge in [-0.2, -0.15) is 0 Å². The van der Waals surface area contributed by atoms with E-state index in [0.717, 1.165) is 12.0 Å². The summed E-state index contributed by atoms with van der Waals surface area (Å²) in [5.74, 6) is -0.121. The number of hydrogen-bond donors (Lipinski definition) is 1. The smallest absolute Gasteiger partial charge is 0.410 e. The molecule has 1 saturated heterocycles. The van der Waals surface area contributed by atoms with Crippen LogP contribution in [0.3, 0.4) is 0 Å². The van der Waals surface area contributed by atoms with Gasteiger partial charge in [0.15, 0.2) is 0 Å². The first-order chi connectivity index (χ1) is 10.8. The lowest BCUT2D eigenvalue weighted by Crippen LogP contribution is -2.48. The second-order valence-electron chi connectivity index (χ2n) is 6.97. The quantitative estimate of drug-likeness (QED) is 0.930. The molecule has 0 saturated carbocycles. The van der Waals surface area contributed by atoms with E-state index in [1.807, 2.05) is 58.0 Å². The molecular weight excluding hydrogens is 292 g/mol. The van der Waals surface area contributed by atoms with Gasteiger partial charge in [-0.25, -0.2) is 4.79 Å². The molecule has 2 atom stereocenters. The van der Waals surface area contributed by atoms with Crippen LogP contribution in [-0.2, 0) is 9.53 Å². The van der Waals surface area contributed by atoms with E-state index >= 15 is 0 Å². The van der Waals surface area contributed by atoms with Crippen LogP contribution in [-0.4, -0.2) is 35.1 Å². The molecule has 5 heteroatoms. The van der Waals surface area contributed by atoms with Crippen molar-refractivity contribution >= 4 is 12.0 Å². The van der Waals surface area contributed by atoms with E-state index in [9.17, 15) is 9.59 Å². The van der Waals surface area contributed by atoms with E-state index in [2.05, 4.69) is 5.32 Å². The van der Waals surface area contributed by atoms with Gasteiger partial charge >= 0.3 is 6.09 Å². The molecule has 0 radical (unpaired) electrons. The summed E-state index contributed by atoms with van der Waals surface area (Å²) in [5.41, 5.74) is 0.487. The van der Waals surface area contributed by atoms with Crippen LogP contribution in [0.15, 0.2) is 30.3 Å². The molecule has 1 aliphatic rings. The maximum atomic E-state index is 12.5. The summed E-state index contributed by atoms with van der Waals surface area (Å²) in [6.07, 6.45) is 1.08. The molecule has 1 heterocycles. The SMILES string of the molecule is C[C@@H](NC(=O)[C@H]1CCCN1C(=O)OC(C)(C)C)c1ccccc1. The minimum atomic E-state index is -0.558. The molecule has 1 N–H and O–H groups in total. The van der Waals surface area contributed by atoms with E-state index in [1.54, 1.807) is 0 Å². The first kappa shape index (κ1) is 17.3. The van der Waals surface area contributed by atoms with Crippen LogP contribution in [0, 0.1) is 0 Å². The molecule has 2 rings (SSSR count). The van der Waals surface area contributed by atoms with E-state index < -0.39 is 17.7 Å². The van der Waals surface area contributed by atoms with Gasteiger partial charge in [0.2, 0.25) is 5.91 Å². The lowest BCUT2D eigenvalue weighted by atomic mass is 10.1. The Balaban J connectivity index is 1.99. The fraction of sp³-hybridized carbons (Fsp3) is 0.556. The summed E-state index contributed by atoms with van der Waals surface area (Å²) in [5, 5.41) is 3.00. The number of amides is 2. The highest BCUT2D eigenvalue weighted by Gasteiger charge is 2.36. The van der Waals surface area contributed by atoms with Crippen molar-refractivity contribution in [2.75, 3.05) is 6.54 Å².